The van der Waals surface area contributed by atoms with Crippen LogP contribution in [0.25, 0.3) is 0 Å². The summed E-state index contributed by atoms with van der Waals surface area (Å²) in [6.07, 6.45) is 3.46. The zero-order valence-electron chi connectivity index (χ0n) is 11.3. The van der Waals surface area contributed by atoms with Crippen molar-refractivity contribution in [2.75, 3.05) is 33.7 Å². The lowest BCUT2D eigenvalue weighted by atomic mass is 9.73. The summed E-state index contributed by atoms with van der Waals surface area (Å²) in [5.41, 5.74) is 0.839. The van der Waals surface area contributed by atoms with Crippen molar-refractivity contribution in [1.82, 2.24) is 0 Å². The fraction of sp³-hybridized carbons (Fsp3) is 0.923. The van der Waals surface area contributed by atoms with Gasteiger partial charge in [-0.1, -0.05) is 5.16 Å². The Hall–Kier alpha value is -0.690. The number of rotatable bonds is 4. The molecule has 1 spiro atoms. The molecule has 1 heterocycles. The van der Waals surface area contributed by atoms with Gasteiger partial charge in [-0.15, -0.1) is 0 Å². The van der Waals surface area contributed by atoms with Crippen molar-refractivity contribution in [3.63, 3.8) is 0 Å². The smallest absolute Gasteiger partial charge is 0.176 e. The molecule has 0 aromatic carbocycles. The summed E-state index contributed by atoms with van der Waals surface area (Å²) in [4.78, 5) is 0. The lowest BCUT2D eigenvalue weighted by Crippen LogP contribution is -2.45. The lowest BCUT2D eigenvalue weighted by molar-refractivity contribution is -0.209. The van der Waals surface area contributed by atoms with Crippen molar-refractivity contribution in [3.05, 3.63) is 0 Å². The van der Waals surface area contributed by atoms with Gasteiger partial charge < -0.3 is 24.2 Å². The van der Waals surface area contributed by atoms with E-state index in [4.69, 9.17) is 18.9 Å². The Balaban J connectivity index is 1.76. The summed E-state index contributed by atoms with van der Waals surface area (Å²) < 4.78 is 22.1. The van der Waals surface area contributed by atoms with Gasteiger partial charge >= 0.3 is 0 Å². The summed E-state index contributed by atoms with van der Waals surface area (Å²) in [6.45, 7) is 2.19. The van der Waals surface area contributed by atoms with Gasteiger partial charge in [0.1, 0.15) is 6.79 Å². The molecule has 6 heteroatoms. The first-order valence-corrected chi connectivity index (χ1v) is 6.79. The van der Waals surface area contributed by atoms with Crippen molar-refractivity contribution in [1.29, 1.82) is 0 Å². The second kappa shape index (κ2) is 5.01. The van der Waals surface area contributed by atoms with Crippen molar-refractivity contribution < 1.29 is 24.2 Å². The normalized spacial score (nSPS) is 38.4. The maximum absolute atomic E-state index is 9.25. The summed E-state index contributed by atoms with van der Waals surface area (Å²) in [5.74, 6) is -0.497. The minimum Gasteiger partial charge on any atom is -0.411 e. The van der Waals surface area contributed by atoms with Crippen LogP contribution in [0.2, 0.25) is 0 Å². The molecule has 1 saturated heterocycles. The number of hydrogen-bond donors (Lipinski definition) is 1. The molecule has 1 N–H and O–H groups in total. The van der Waals surface area contributed by atoms with E-state index in [1.807, 2.05) is 0 Å². The predicted octanol–water partition coefficient (Wildman–Crippen LogP) is 1.37. The van der Waals surface area contributed by atoms with Gasteiger partial charge in [0.25, 0.3) is 0 Å². The molecule has 3 fully saturated rings. The molecule has 2 aliphatic carbocycles. The molecule has 2 saturated carbocycles. The van der Waals surface area contributed by atoms with E-state index in [9.17, 15) is 5.21 Å². The summed E-state index contributed by atoms with van der Waals surface area (Å²) in [5, 5.41) is 12.7. The fourth-order valence-electron chi connectivity index (χ4n) is 3.79. The largest absolute Gasteiger partial charge is 0.411 e. The highest BCUT2D eigenvalue weighted by atomic mass is 16.7. The average Bonchev–Trinajstić information content (AvgIpc) is 3.00. The molecule has 3 aliphatic rings. The Morgan fingerprint density at radius 2 is 2.16 bits per heavy atom. The van der Waals surface area contributed by atoms with E-state index in [0.717, 1.165) is 31.4 Å². The van der Waals surface area contributed by atoms with Crippen molar-refractivity contribution in [2.24, 2.45) is 16.5 Å². The van der Waals surface area contributed by atoms with E-state index in [1.165, 1.54) is 0 Å². The number of ether oxygens (including phenoxy) is 4. The van der Waals surface area contributed by atoms with Crippen molar-refractivity contribution >= 4 is 5.71 Å². The Labute approximate surface area is 112 Å². The Morgan fingerprint density at radius 1 is 1.37 bits per heavy atom. The van der Waals surface area contributed by atoms with E-state index in [0.29, 0.717) is 26.6 Å². The zero-order valence-corrected chi connectivity index (χ0v) is 11.3. The van der Waals surface area contributed by atoms with Crippen LogP contribution in [-0.2, 0) is 18.9 Å². The molecule has 108 valence electrons. The van der Waals surface area contributed by atoms with Gasteiger partial charge in [-0.3, -0.25) is 0 Å². The monoisotopic (exact) mass is 271 g/mol. The molecule has 0 aromatic rings. The summed E-state index contributed by atoms with van der Waals surface area (Å²) >= 11 is 0. The van der Waals surface area contributed by atoms with E-state index < -0.39 is 5.79 Å². The molecule has 3 rings (SSSR count). The zero-order chi connectivity index (χ0) is 13.3. The van der Waals surface area contributed by atoms with E-state index >= 15 is 0 Å². The Bertz CT molecular complexity index is 366. The second-order valence-corrected chi connectivity index (χ2v) is 5.79. The van der Waals surface area contributed by atoms with Crippen molar-refractivity contribution in [3.8, 4) is 0 Å². The highest BCUT2D eigenvalue weighted by Gasteiger charge is 2.60. The second-order valence-electron chi connectivity index (χ2n) is 5.79. The summed E-state index contributed by atoms with van der Waals surface area (Å²) in [7, 11) is 1.62. The topological polar surface area (TPSA) is 69.5 Å². The van der Waals surface area contributed by atoms with Gasteiger partial charge in [0.2, 0.25) is 0 Å². The maximum atomic E-state index is 9.25. The van der Waals surface area contributed by atoms with Gasteiger partial charge in [-0.25, -0.2) is 0 Å². The third kappa shape index (κ3) is 2.16. The molecule has 0 amide bonds. The van der Waals surface area contributed by atoms with E-state index in [2.05, 4.69) is 5.16 Å². The standard InChI is InChI=1S/C13H21NO5/c1-16-9-17-8-12-2-3-13(18-4-5-19-13)10(6-12)11(7-12)14-15/h10,15H,2-9H2,1H3/b14-11+/t10-,12-/m0/s1. The van der Waals surface area contributed by atoms with Gasteiger partial charge in [-0.05, 0) is 19.3 Å². The maximum Gasteiger partial charge on any atom is 0.176 e. The molecule has 0 radical (unpaired) electrons. The predicted molar refractivity (Wildman–Crippen MR) is 66.1 cm³/mol. The number of oxime groups is 1. The Kier molecular flexibility index (Phi) is 3.51. The molecule has 1 aliphatic heterocycles. The summed E-state index contributed by atoms with van der Waals surface area (Å²) in [6, 6.07) is 0. The van der Waals surface area contributed by atoms with Crippen LogP contribution in [0.3, 0.4) is 0 Å². The fourth-order valence-corrected chi connectivity index (χ4v) is 3.79. The molecular formula is C13H21NO5. The first-order chi connectivity index (χ1) is 9.24. The molecule has 0 aromatic heterocycles. The van der Waals surface area contributed by atoms with Crippen LogP contribution in [0.15, 0.2) is 5.16 Å². The first-order valence-electron chi connectivity index (χ1n) is 6.79. The highest BCUT2D eigenvalue weighted by Crippen LogP contribution is 2.56. The molecule has 2 bridgehead atoms. The average molecular weight is 271 g/mol. The van der Waals surface area contributed by atoms with Gasteiger partial charge in [0.05, 0.1) is 31.5 Å². The van der Waals surface area contributed by atoms with Crippen LogP contribution < -0.4 is 0 Å². The van der Waals surface area contributed by atoms with E-state index in [1.54, 1.807) is 7.11 Å². The van der Waals surface area contributed by atoms with Gasteiger partial charge in [0.15, 0.2) is 5.79 Å². The van der Waals surface area contributed by atoms with Crippen LogP contribution >= 0.6 is 0 Å². The van der Waals surface area contributed by atoms with Crippen LogP contribution in [0, 0.1) is 11.3 Å². The lowest BCUT2D eigenvalue weighted by Gasteiger charge is -2.41. The van der Waals surface area contributed by atoms with Crippen LogP contribution in [-0.4, -0.2) is 50.4 Å². The highest BCUT2D eigenvalue weighted by molar-refractivity contribution is 5.90. The molecule has 6 nitrogen and oxygen atoms in total. The minimum atomic E-state index is -0.553. The SMILES string of the molecule is COCOC[C@@]12CCC3(OCCO3)[C@@H](C1)/C(=N/O)C2. The number of methoxy groups -OCH3 is 1. The van der Waals surface area contributed by atoms with Crippen LogP contribution in [0.4, 0.5) is 0 Å². The number of hydrogen-bond acceptors (Lipinski definition) is 6. The van der Waals surface area contributed by atoms with Crippen LogP contribution in [0.1, 0.15) is 25.7 Å². The number of nitrogens with zero attached hydrogens (tertiary/aromatic N) is 1. The van der Waals surface area contributed by atoms with E-state index in [-0.39, 0.29) is 11.3 Å². The first kappa shape index (κ1) is 13.3. The third-order valence-electron chi connectivity index (χ3n) is 4.64. The minimum absolute atomic E-state index is 0.0469. The van der Waals surface area contributed by atoms with Gasteiger partial charge in [0, 0.05) is 18.9 Å². The number of fused-ring (bicyclic) bond motifs is 3. The molecule has 0 unspecified atom stereocenters. The quantitative estimate of drug-likeness (QED) is 0.362. The molecule has 19 heavy (non-hydrogen) atoms. The molecule has 2 atom stereocenters. The Morgan fingerprint density at radius 3 is 2.84 bits per heavy atom. The van der Waals surface area contributed by atoms with Crippen molar-refractivity contribution in [2.45, 2.75) is 31.5 Å². The van der Waals surface area contributed by atoms with Gasteiger partial charge in [-0.2, -0.15) is 0 Å². The third-order valence-corrected chi connectivity index (χ3v) is 4.64. The molecular weight excluding hydrogens is 250 g/mol. The van der Waals surface area contributed by atoms with Crippen LogP contribution in [0.5, 0.6) is 0 Å².